The summed E-state index contributed by atoms with van der Waals surface area (Å²) < 4.78 is 0.838. The highest BCUT2D eigenvalue weighted by molar-refractivity contribution is 9.10. The van der Waals surface area contributed by atoms with Crippen molar-refractivity contribution in [3.63, 3.8) is 0 Å². The first-order valence-corrected chi connectivity index (χ1v) is 3.91. The van der Waals surface area contributed by atoms with Crippen molar-refractivity contribution in [2.24, 2.45) is 0 Å². The van der Waals surface area contributed by atoms with E-state index in [1.807, 2.05) is 5.92 Å². The number of amides is 1. The highest BCUT2D eigenvalue weighted by atomic mass is 79.9. The molecule has 0 saturated heterocycles. The zero-order valence-electron chi connectivity index (χ0n) is 6.04. The van der Waals surface area contributed by atoms with Crippen molar-refractivity contribution < 1.29 is 4.79 Å². The fourth-order valence-corrected chi connectivity index (χ4v) is 0.961. The van der Waals surface area contributed by atoms with Crippen LogP contribution in [0.3, 0.4) is 0 Å². The lowest BCUT2D eigenvalue weighted by Crippen LogP contribution is -2.08. The first-order chi connectivity index (χ1) is 5.72. The third kappa shape index (κ3) is 2.36. The van der Waals surface area contributed by atoms with Crippen molar-refractivity contribution in [3.05, 3.63) is 22.8 Å². The van der Waals surface area contributed by atoms with Gasteiger partial charge in [0.25, 0.3) is 0 Å². The first-order valence-electron chi connectivity index (χ1n) is 3.11. The van der Waals surface area contributed by atoms with Gasteiger partial charge in [-0.3, -0.25) is 10.1 Å². The van der Waals surface area contributed by atoms with E-state index < -0.39 is 5.91 Å². The Hall–Kier alpha value is -1.34. The van der Waals surface area contributed by atoms with Crippen LogP contribution in [0.5, 0.6) is 0 Å². The summed E-state index contributed by atoms with van der Waals surface area (Å²) in [7, 11) is 0. The van der Waals surface area contributed by atoms with Gasteiger partial charge in [0, 0.05) is 10.7 Å². The van der Waals surface area contributed by atoms with Crippen LogP contribution in [0, 0.1) is 12.3 Å². The summed E-state index contributed by atoms with van der Waals surface area (Å²) in [6.45, 7) is 0. The van der Waals surface area contributed by atoms with Gasteiger partial charge in [-0.2, -0.15) is 0 Å². The Labute approximate surface area is 78.3 Å². The second-order valence-electron chi connectivity index (χ2n) is 1.96. The number of carbonyl (C=O) groups excluding carboxylic acids is 1. The molecular weight excluding hydrogens is 220 g/mol. The van der Waals surface area contributed by atoms with E-state index in [2.05, 4.69) is 26.2 Å². The van der Waals surface area contributed by atoms with Crippen LogP contribution in [-0.2, 0) is 4.79 Å². The summed E-state index contributed by atoms with van der Waals surface area (Å²) in [5.41, 5.74) is 0. The molecule has 60 valence electrons. The van der Waals surface area contributed by atoms with Crippen molar-refractivity contribution in [1.29, 1.82) is 0 Å². The summed E-state index contributed by atoms with van der Waals surface area (Å²) in [5, 5.41) is 2.42. The Morgan fingerprint density at radius 2 is 2.50 bits per heavy atom. The number of nitrogens with zero attached hydrogens (tertiary/aromatic N) is 1. The van der Waals surface area contributed by atoms with E-state index in [1.54, 1.807) is 18.3 Å². The Bertz CT molecular complexity index is 343. The number of hydrogen-bond acceptors (Lipinski definition) is 2. The number of anilines is 1. The summed E-state index contributed by atoms with van der Waals surface area (Å²) in [6.07, 6.45) is 6.42. The molecule has 0 radical (unpaired) electrons. The fraction of sp³-hybridized carbons (Fsp3) is 0. The molecule has 0 aromatic carbocycles. The molecule has 0 aliphatic heterocycles. The van der Waals surface area contributed by atoms with Gasteiger partial charge in [0.1, 0.15) is 5.82 Å². The first kappa shape index (κ1) is 8.75. The zero-order valence-corrected chi connectivity index (χ0v) is 7.63. The van der Waals surface area contributed by atoms with E-state index >= 15 is 0 Å². The number of rotatable bonds is 1. The van der Waals surface area contributed by atoms with Crippen molar-refractivity contribution in [3.8, 4) is 12.3 Å². The maximum Gasteiger partial charge on any atom is 0.301 e. The minimum atomic E-state index is -0.499. The van der Waals surface area contributed by atoms with Gasteiger partial charge >= 0.3 is 5.91 Å². The Morgan fingerprint density at radius 3 is 3.08 bits per heavy atom. The van der Waals surface area contributed by atoms with Crippen LogP contribution < -0.4 is 5.32 Å². The van der Waals surface area contributed by atoms with Gasteiger partial charge in [0.15, 0.2) is 0 Å². The Morgan fingerprint density at radius 1 is 1.75 bits per heavy atom. The molecule has 3 nitrogen and oxygen atoms in total. The van der Waals surface area contributed by atoms with Crippen LogP contribution >= 0.6 is 15.9 Å². The van der Waals surface area contributed by atoms with E-state index in [4.69, 9.17) is 6.42 Å². The fourth-order valence-electron chi connectivity index (χ4n) is 0.626. The van der Waals surface area contributed by atoms with Crippen LogP contribution in [-0.4, -0.2) is 10.9 Å². The van der Waals surface area contributed by atoms with Crippen LogP contribution in [0.15, 0.2) is 22.8 Å². The van der Waals surface area contributed by atoms with Crippen LogP contribution in [0.2, 0.25) is 0 Å². The lowest BCUT2D eigenvalue weighted by Gasteiger charge is -1.98. The molecule has 0 saturated carbocycles. The molecule has 12 heavy (non-hydrogen) atoms. The van der Waals surface area contributed by atoms with E-state index in [9.17, 15) is 4.79 Å². The monoisotopic (exact) mass is 224 g/mol. The average molecular weight is 225 g/mol. The molecule has 4 heteroatoms. The number of terminal acetylenes is 1. The largest absolute Gasteiger partial charge is 0.301 e. The zero-order chi connectivity index (χ0) is 8.97. The number of pyridine rings is 1. The van der Waals surface area contributed by atoms with Crippen LogP contribution in [0.4, 0.5) is 5.82 Å². The molecule has 1 heterocycles. The SMILES string of the molecule is C#CC(=O)Nc1cc(Br)ccn1. The van der Waals surface area contributed by atoms with Gasteiger partial charge in [-0.15, -0.1) is 6.42 Å². The highest BCUT2D eigenvalue weighted by Gasteiger charge is 1.97. The minimum absolute atomic E-state index is 0.437. The standard InChI is InChI=1S/C8H5BrN2O/c1-2-8(12)11-7-5-6(9)3-4-10-7/h1,3-5H,(H,10,11,12). The molecule has 1 N–H and O–H groups in total. The quantitative estimate of drug-likeness (QED) is 0.734. The topological polar surface area (TPSA) is 42.0 Å². The van der Waals surface area contributed by atoms with Crippen molar-refractivity contribution >= 4 is 27.7 Å². The molecule has 1 aromatic rings. The van der Waals surface area contributed by atoms with Gasteiger partial charge in [-0.05, 0) is 18.1 Å². The second-order valence-corrected chi connectivity index (χ2v) is 2.87. The third-order valence-corrected chi connectivity index (χ3v) is 1.59. The third-order valence-electron chi connectivity index (χ3n) is 1.09. The summed E-state index contributed by atoms with van der Waals surface area (Å²) >= 11 is 3.23. The molecular formula is C8H5BrN2O. The number of halogens is 1. The molecule has 1 rings (SSSR count). The number of hydrogen-bond donors (Lipinski definition) is 1. The molecule has 1 amide bonds. The molecule has 1 aromatic heterocycles. The van der Waals surface area contributed by atoms with E-state index in [0.717, 1.165) is 4.47 Å². The molecule has 0 unspecified atom stereocenters. The summed E-state index contributed by atoms with van der Waals surface area (Å²) in [6, 6.07) is 3.42. The van der Waals surface area contributed by atoms with Gasteiger partial charge < -0.3 is 0 Å². The smallest absolute Gasteiger partial charge is 0.300 e. The lowest BCUT2D eigenvalue weighted by atomic mass is 10.4. The highest BCUT2D eigenvalue weighted by Crippen LogP contribution is 2.12. The van der Waals surface area contributed by atoms with Gasteiger partial charge in [-0.25, -0.2) is 4.98 Å². The van der Waals surface area contributed by atoms with Gasteiger partial charge in [0.05, 0.1) is 0 Å². The van der Waals surface area contributed by atoms with Crippen molar-refractivity contribution in [2.45, 2.75) is 0 Å². The predicted octanol–water partition coefficient (Wildman–Crippen LogP) is 1.42. The predicted molar refractivity (Wildman–Crippen MR) is 49.4 cm³/mol. The molecule has 0 aliphatic rings. The number of aromatic nitrogens is 1. The molecule has 0 atom stereocenters. The summed E-state index contributed by atoms with van der Waals surface area (Å²) in [4.78, 5) is 14.6. The number of nitrogens with one attached hydrogen (secondary N) is 1. The Kier molecular flexibility index (Phi) is 2.83. The summed E-state index contributed by atoms with van der Waals surface area (Å²) in [5.74, 6) is 1.87. The average Bonchev–Trinajstić information content (AvgIpc) is 2.04. The van der Waals surface area contributed by atoms with Crippen molar-refractivity contribution in [1.82, 2.24) is 4.98 Å². The minimum Gasteiger partial charge on any atom is -0.300 e. The maximum absolute atomic E-state index is 10.7. The van der Waals surface area contributed by atoms with Crippen LogP contribution in [0.25, 0.3) is 0 Å². The molecule has 0 fully saturated rings. The van der Waals surface area contributed by atoms with Gasteiger partial charge in [-0.1, -0.05) is 15.9 Å². The van der Waals surface area contributed by atoms with Gasteiger partial charge in [0.2, 0.25) is 0 Å². The molecule has 0 spiro atoms. The van der Waals surface area contributed by atoms with E-state index in [1.165, 1.54) is 0 Å². The Balaban J connectivity index is 2.78. The van der Waals surface area contributed by atoms with E-state index in [0.29, 0.717) is 5.82 Å². The lowest BCUT2D eigenvalue weighted by molar-refractivity contribution is -0.111. The van der Waals surface area contributed by atoms with Crippen LogP contribution in [0.1, 0.15) is 0 Å². The second kappa shape index (κ2) is 3.88. The molecule has 0 aliphatic carbocycles. The van der Waals surface area contributed by atoms with Crippen molar-refractivity contribution in [2.75, 3.05) is 5.32 Å². The normalized spacial score (nSPS) is 8.67. The molecule has 0 bridgehead atoms. The number of carbonyl (C=O) groups is 1. The maximum atomic E-state index is 10.7. The van der Waals surface area contributed by atoms with E-state index in [-0.39, 0.29) is 0 Å².